The van der Waals surface area contributed by atoms with Crippen LogP contribution in [0.2, 0.25) is 0 Å². The fraction of sp³-hybridized carbons (Fsp3) is 0.273. The lowest BCUT2D eigenvalue weighted by Gasteiger charge is -2.13. The summed E-state index contributed by atoms with van der Waals surface area (Å²) in [5, 5.41) is 7.34. The van der Waals surface area contributed by atoms with Crippen molar-refractivity contribution in [3.63, 3.8) is 0 Å². The van der Waals surface area contributed by atoms with Crippen molar-refractivity contribution in [2.45, 2.75) is 33.4 Å². The number of benzene rings is 1. The SMILES string of the molecule is CC(C)Cn1c(=O)c2cc(C(=O)N[C@H](C)c3ccccn3)nn2c2ccccc21. The molecule has 4 aromatic rings. The number of pyridine rings is 1. The summed E-state index contributed by atoms with van der Waals surface area (Å²) in [5.74, 6) is -0.0331. The highest BCUT2D eigenvalue weighted by molar-refractivity contribution is 5.94. The topological polar surface area (TPSA) is 81.3 Å². The number of carbonyl (C=O) groups excluding carboxylic acids is 1. The zero-order valence-corrected chi connectivity index (χ0v) is 16.7. The second-order valence-electron chi connectivity index (χ2n) is 7.57. The predicted octanol–water partition coefficient (Wildman–Crippen LogP) is 3.19. The van der Waals surface area contributed by atoms with E-state index in [-0.39, 0.29) is 23.2 Å². The maximum absolute atomic E-state index is 13.1. The van der Waals surface area contributed by atoms with Gasteiger partial charge in [0, 0.05) is 18.8 Å². The van der Waals surface area contributed by atoms with Crippen LogP contribution in [-0.2, 0) is 6.54 Å². The third kappa shape index (κ3) is 3.51. The van der Waals surface area contributed by atoms with Crippen LogP contribution in [0.25, 0.3) is 16.6 Å². The number of para-hydroxylation sites is 2. The van der Waals surface area contributed by atoms with Gasteiger partial charge in [-0.2, -0.15) is 5.10 Å². The molecule has 1 aromatic carbocycles. The van der Waals surface area contributed by atoms with Gasteiger partial charge >= 0.3 is 0 Å². The van der Waals surface area contributed by atoms with E-state index >= 15 is 0 Å². The highest BCUT2D eigenvalue weighted by Gasteiger charge is 2.19. The molecule has 0 spiro atoms. The molecule has 1 atom stereocenters. The molecule has 0 saturated carbocycles. The number of nitrogens with one attached hydrogen (secondary N) is 1. The van der Waals surface area contributed by atoms with E-state index in [9.17, 15) is 9.59 Å². The summed E-state index contributed by atoms with van der Waals surface area (Å²) in [7, 11) is 0. The van der Waals surface area contributed by atoms with Crippen LogP contribution >= 0.6 is 0 Å². The van der Waals surface area contributed by atoms with Crippen molar-refractivity contribution in [1.82, 2.24) is 24.5 Å². The fourth-order valence-electron chi connectivity index (χ4n) is 3.47. The van der Waals surface area contributed by atoms with E-state index in [0.717, 1.165) is 16.7 Å². The Labute approximate surface area is 168 Å². The lowest BCUT2D eigenvalue weighted by Crippen LogP contribution is -2.27. The molecule has 0 saturated heterocycles. The maximum atomic E-state index is 13.1. The van der Waals surface area contributed by atoms with Crippen LogP contribution in [0.3, 0.4) is 0 Å². The number of fused-ring (bicyclic) bond motifs is 3. The zero-order valence-electron chi connectivity index (χ0n) is 16.7. The third-order valence-electron chi connectivity index (χ3n) is 4.83. The molecule has 0 aliphatic heterocycles. The van der Waals surface area contributed by atoms with Gasteiger partial charge in [0.15, 0.2) is 5.69 Å². The molecule has 4 rings (SSSR count). The van der Waals surface area contributed by atoms with Crippen LogP contribution in [0.4, 0.5) is 0 Å². The monoisotopic (exact) mass is 389 g/mol. The van der Waals surface area contributed by atoms with Gasteiger partial charge in [0.25, 0.3) is 11.5 Å². The predicted molar refractivity (Wildman–Crippen MR) is 112 cm³/mol. The summed E-state index contributed by atoms with van der Waals surface area (Å²) in [6.07, 6.45) is 1.69. The molecule has 29 heavy (non-hydrogen) atoms. The van der Waals surface area contributed by atoms with E-state index in [1.54, 1.807) is 21.3 Å². The molecule has 0 bridgehead atoms. The van der Waals surface area contributed by atoms with Crippen molar-refractivity contribution in [2.75, 3.05) is 0 Å². The van der Waals surface area contributed by atoms with Gasteiger partial charge in [-0.1, -0.05) is 32.0 Å². The Morgan fingerprint density at radius 2 is 1.76 bits per heavy atom. The zero-order chi connectivity index (χ0) is 20.5. The van der Waals surface area contributed by atoms with Crippen LogP contribution in [0, 0.1) is 5.92 Å². The molecule has 1 amide bonds. The molecule has 0 radical (unpaired) electrons. The highest BCUT2D eigenvalue weighted by atomic mass is 16.2. The Hall–Kier alpha value is -3.48. The minimum atomic E-state index is -0.342. The van der Waals surface area contributed by atoms with Gasteiger partial charge in [-0.25, -0.2) is 4.52 Å². The van der Waals surface area contributed by atoms with Crippen molar-refractivity contribution in [2.24, 2.45) is 5.92 Å². The Bertz CT molecular complexity index is 1240. The number of rotatable bonds is 5. The summed E-state index contributed by atoms with van der Waals surface area (Å²) >= 11 is 0. The molecular formula is C22H23N5O2. The van der Waals surface area contributed by atoms with Crippen LogP contribution in [0.5, 0.6) is 0 Å². The lowest BCUT2D eigenvalue weighted by molar-refractivity contribution is 0.0934. The van der Waals surface area contributed by atoms with E-state index in [0.29, 0.717) is 18.0 Å². The van der Waals surface area contributed by atoms with Gasteiger partial charge in [0.1, 0.15) is 5.52 Å². The first-order chi connectivity index (χ1) is 14.0. The molecule has 3 heterocycles. The van der Waals surface area contributed by atoms with E-state index in [4.69, 9.17) is 0 Å². The van der Waals surface area contributed by atoms with E-state index in [1.807, 2.05) is 49.4 Å². The summed E-state index contributed by atoms with van der Waals surface area (Å²) in [6.45, 7) is 6.60. The number of carbonyl (C=O) groups is 1. The molecule has 1 N–H and O–H groups in total. The van der Waals surface area contributed by atoms with Crippen molar-refractivity contribution >= 4 is 22.5 Å². The first-order valence-corrected chi connectivity index (χ1v) is 9.69. The van der Waals surface area contributed by atoms with Crippen molar-refractivity contribution in [3.05, 3.63) is 76.5 Å². The molecule has 7 nitrogen and oxygen atoms in total. The standard InChI is InChI=1S/C22H23N5O2/c1-14(2)13-26-18-9-4-5-10-19(18)27-20(22(26)29)12-17(25-27)21(28)24-15(3)16-8-6-7-11-23-16/h4-12,14-15H,13H2,1-3H3,(H,24,28)/t15-/m1/s1. The first-order valence-electron chi connectivity index (χ1n) is 9.69. The molecule has 0 aliphatic rings. The van der Waals surface area contributed by atoms with Crippen LogP contribution in [-0.4, -0.2) is 25.1 Å². The number of amides is 1. The highest BCUT2D eigenvalue weighted by Crippen LogP contribution is 2.17. The number of hydrogen-bond acceptors (Lipinski definition) is 4. The Morgan fingerprint density at radius 3 is 2.45 bits per heavy atom. The van der Waals surface area contributed by atoms with Gasteiger partial charge < -0.3 is 9.88 Å². The molecule has 3 aromatic heterocycles. The summed E-state index contributed by atoms with van der Waals surface area (Å²) in [5.41, 5.74) is 2.79. The van der Waals surface area contributed by atoms with Crippen LogP contribution < -0.4 is 10.9 Å². The van der Waals surface area contributed by atoms with E-state index < -0.39 is 0 Å². The second kappa shape index (κ2) is 7.50. The minimum absolute atomic E-state index is 0.151. The lowest BCUT2D eigenvalue weighted by atomic mass is 10.2. The third-order valence-corrected chi connectivity index (χ3v) is 4.83. The van der Waals surface area contributed by atoms with Gasteiger partial charge in [-0.15, -0.1) is 0 Å². The maximum Gasteiger partial charge on any atom is 0.277 e. The molecule has 7 heteroatoms. The van der Waals surface area contributed by atoms with Gasteiger partial charge in [0.2, 0.25) is 0 Å². The largest absolute Gasteiger partial charge is 0.343 e. The van der Waals surface area contributed by atoms with Crippen molar-refractivity contribution in [3.8, 4) is 0 Å². The normalized spacial score (nSPS) is 12.6. The van der Waals surface area contributed by atoms with Crippen LogP contribution in [0.15, 0.2) is 59.5 Å². The number of hydrogen-bond donors (Lipinski definition) is 1. The van der Waals surface area contributed by atoms with Crippen molar-refractivity contribution in [1.29, 1.82) is 0 Å². The Balaban J connectivity index is 1.78. The fourth-order valence-corrected chi connectivity index (χ4v) is 3.47. The molecule has 0 aliphatic carbocycles. The summed E-state index contributed by atoms with van der Waals surface area (Å²) < 4.78 is 3.32. The summed E-state index contributed by atoms with van der Waals surface area (Å²) in [6, 6.07) is 14.5. The van der Waals surface area contributed by atoms with E-state index in [1.165, 1.54) is 0 Å². The second-order valence-corrected chi connectivity index (χ2v) is 7.57. The van der Waals surface area contributed by atoms with Gasteiger partial charge in [-0.05, 0) is 37.1 Å². The molecule has 148 valence electrons. The average Bonchev–Trinajstić information content (AvgIpc) is 3.17. The Morgan fingerprint density at radius 1 is 1.03 bits per heavy atom. The smallest absolute Gasteiger partial charge is 0.277 e. The number of aromatic nitrogens is 4. The number of nitrogens with zero attached hydrogens (tertiary/aromatic N) is 4. The van der Waals surface area contributed by atoms with Crippen molar-refractivity contribution < 1.29 is 4.79 Å². The quantitative estimate of drug-likeness (QED) is 0.568. The molecular weight excluding hydrogens is 366 g/mol. The van der Waals surface area contributed by atoms with Gasteiger partial charge in [0.05, 0.1) is 22.8 Å². The molecule has 0 unspecified atom stereocenters. The van der Waals surface area contributed by atoms with Crippen LogP contribution in [0.1, 0.15) is 43.0 Å². The average molecular weight is 389 g/mol. The minimum Gasteiger partial charge on any atom is -0.343 e. The first kappa shape index (κ1) is 18.9. The summed E-state index contributed by atoms with van der Waals surface area (Å²) in [4.78, 5) is 30.2. The van der Waals surface area contributed by atoms with E-state index in [2.05, 4.69) is 29.2 Å². The molecule has 0 fully saturated rings. The van der Waals surface area contributed by atoms with Gasteiger partial charge in [-0.3, -0.25) is 14.6 Å². The Kier molecular flexibility index (Phi) is 4.88.